The molecule has 0 spiro atoms. The fourth-order valence-corrected chi connectivity index (χ4v) is 2.30. The van der Waals surface area contributed by atoms with E-state index in [0.29, 0.717) is 11.1 Å². The fourth-order valence-electron chi connectivity index (χ4n) is 2.30. The first-order valence-corrected chi connectivity index (χ1v) is 8.10. The van der Waals surface area contributed by atoms with Gasteiger partial charge in [0.1, 0.15) is 0 Å². The second kappa shape index (κ2) is 8.06. The molecule has 2 aromatic carbocycles. The number of nitrogens with zero attached hydrogens (tertiary/aromatic N) is 2. The number of esters is 1. The van der Waals surface area contributed by atoms with Crippen LogP contribution in [0.3, 0.4) is 0 Å². The molecule has 7 nitrogen and oxygen atoms in total. The predicted octanol–water partition coefficient (Wildman–Crippen LogP) is 2.77. The topological polar surface area (TPSA) is 94.3 Å². The van der Waals surface area contributed by atoms with Crippen molar-refractivity contribution in [3.05, 3.63) is 72.1 Å². The van der Waals surface area contributed by atoms with Crippen molar-refractivity contribution in [1.82, 2.24) is 15.5 Å². The summed E-state index contributed by atoms with van der Waals surface area (Å²) in [6.07, 6.45) is 0. The van der Waals surface area contributed by atoms with Crippen molar-refractivity contribution in [2.75, 3.05) is 6.61 Å². The molecule has 132 valence electrons. The molecule has 1 atom stereocenters. The van der Waals surface area contributed by atoms with E-state index in [1.165, 1.54) is 0 Å². The van der Waals surface area contributed by atoms with E-state index in [-0.39, 0.29) is 18.4 Å². The maximum Gasteiger partial charge on any atom is 0.338 e. The molecule has 0 fully saturated rings. The first-order chi connectivity index (χ1) is 12.7. The van der Waals surface area contributed by atoms with Crippen LogP contribution in [0.4, 0.5) is 0 Å². The van der Waals surface area contributed by atoms with Gasteiger partial charge in [-0.3, -0.25) is 4.79 Å². The van der Waals surface area contributed by atoms with Crippen LogP contribution in [-0.4, -0.2) is 28.7 Å². The average molecular weight is 351 g/mol. The van der Waals surface area contributed by atoms with Gasteiger partial charge in [0.15, 0.2) is 0 Å². The van der Waals surface area contributed by atoms with Gasteiger partial charge in [-0.05, 0) is 31.2 Å². The summed E-state index contributed by atoms with van der Waals surface area (Å²) in [7, 11) is 0. The van der Waals surface area contributed by atoms with Crippen LogP contribution in [-0.2, 0) is 9.53 Å². The number of benzene rings is 2. The highest BCUT2D eigenvalue weighted by molar-refractivity contribution is 5.96. The van der Waals surface area contributed by atoms with Gasteiger partial charge in [-0.25, -0.2) is 4.79 Å². The van der Waals surface area contributed by atoms with Gasteiger partial charge in [0.05, 0.1) is 6.61 Å². The van der Waals surface area contributed by atoms with Crippen LogP contribution < -0.4 is 5.32 Å². The number of hydrogen-bond acceptors (Lipinski definition) is 6. The minimum Gasteiger partial charge on any atom is -0.464 e. The third-order valence-corrected chi connectivity index (χ3v) is 3.54. The van der Waals surface area contributed by atoms with Crippen molar-refractivity contribution < 1.29 is 18.7 Å². The van der Waals surface area contributed by atoms with Crippen LogP contribution in [0.15, 0.2) is 65.1 Å². The van der Waals surface area contributed by atoms with Crippen LogP contribution in [0.25, 0.3) is 11.5 Å². The fraction of sp³-hybridized carbons (Fsp3) is 0.158. The van der Waals surface area contributed by atoms with Gasteiger partial charge in [0, 0.05) is 11.1 Å². The van der Waals surface area contributed by atoms with Gasteiger partial charge in [0.2, 0.25) is 11.9 Å². The minimum atomic E-state index is -1.19. The quantitative estimate of drug-likeness (QED) is 0.686. The second-order valence-electron chi connectivity index (χ2n) is 5.34. The van der Waals surface area contributed by atoms with Crippen molar-refractivity contribution in [3.63, 3.8) is 0 Å². The molecule has 0 aliphatic rings. The van der Waals surface area contributed by atoms with Crippen LogP contribution in [0.5, 0.6) is 0 Å². The van der Waals surface area contributed by atoms with E-state index < -0.39 is 17.9 Å². The maximum absolute atomic E-state index is 12.4. The molecule has 0 saturated carbocycles. The SMILES string of the molecule is CCOC(=O)[C@H](NC(=O)c1ccccc1)c1nnc(-c2ccccc2)o1. The van der Waals surface area contributed by atoms with Crippen LogP contribution in [0.2, 0.25) is 0 Å². The van der Waals surface area contributed by atoms with Crippen LogP contribution in [0, 0.1) is 0 Å². The zero-order valence-corrected chi connectivity index (χ0v) is 14.1. The Hall–Kier alpha value is -3.48. The summed E-state index contributed by atoms with van der Waals surface area (Å²) in [6, 6.07) is 16.5. The highest BCUT2D eigenvalue weighted by Crippen LogP contribution is 2.21. The van der Waals surface area contributed by atoms with E-state index in [9.17, 15) is 9.59 Å². The van der Waals surface area contributed by atoms with Crippen LogP contribution in [0.1, 0.15) is 29.2 Å². The molecule has 26 heavy (non-hydrogen) atoms. The number of aromatic nitrogens is 2. The molecule has 0 radical (unpaired) electrons. The van der Waals surface area contributed by atoms with E-state index in [4.69, 9.17) is 9.15 Å². The van der Waals surface area contributed by atoms with E-state index in [0.717, 1.165) is 0 Å². The molecular formula is C19H17N3O4. The van der Waals surface area contributed by atoms with E-state index >= 15 is 0 Å². The lowest BCUT2D eigenvalue weighted by molar-refractivity contribution is -0.146. The second-order valence-corrected chi connectivity index (χ2v) is 5.34. The number of nitrogens with one attached hydrogen (secondary N) is 1. The summed E-state index contributed by atoms with van der Waals surface area (Å²) in [5.41, 5.74) is 1.12. The maximum atomic E-state index is 12.4. The highest BCUT2D eigenvalue weighted by Gasteiger charge is 2.30. The smallest absolute Gasteiger partial charge is 0.338 e. The average Bonchev–Trinajstić information content (AvgIpc) is 3.17. The number of amides is 1. The summed E-state index contributed by atoms with van der Waals surface area (Å²) < 4.78 is 10.6. The first kappa shape index (κ1) is 17.3. The van der Waals surface area contributed by atoms with E-state index in [1.807, 2.05) is 18.2 Å². The number of carbonyl (C=O) groups excluding carboxylic acids is 2. The molecule has 1 amide bonds. The van der Waals surface area contributed by atoms with Gasteiger partial charge < -0.3 is 14.5 Å². The Morgan fingerprint density at radius 2 is 1.69 bits per heavy atom. The molecule has 1 aromatic heterocycles. The summed E-state index contributed by atoms with van der Waals surface area (Å²) in [5, 5.41) is 10.5. The molecule has 0 unspecified atom stereocenters. The lowest BCUT2D eigenvalue weighted by atomic mass is 10.2. The standard InChI is InChI=1S/C19H17N3O4/c1-2-25-19(24)15(20-16(23)13-9-5-3-6-10-13)18-22-21-17(26-18)14-11-7-4-8-12-14/h3-12,15H,2H2,1H3,(H,20,23)/t15-/m1/s1. The molecule has 0 saturated heterocycles. The highest BCUT2D eigenvalue weighted by atomic mass is 16.5. The Bertz CT molecular complexity index is 878. The van der Waals surface area contributed by atoms with Crippen molar-refractivity contribution in [1.29, 1.82) is 0 Å². The number of ether oxygens (including phenoxy) is 1. The third kappa shape index (κ3) is 3.94. The van der Waals surface area contributed by atoms with Crippen molar-refractivity contribution >= 4 is 11.9 Å². The Labute approximate surface area is 150 Å². The van der Waals surface area contributed by atoms with Gasteiger partial charge in [-0.1, -0.05) is 36.4 Å². The van der Waals surface area contributed by atoms with Gasteiger partial charge >= 0.3 is 5.97 Å². The molecule has 7 heteroatoms. The molecular weight excluding hydrogens is 334 g/mol. The Balaban J connectivity index is 1.86. The van der Waals surface area contributed by atoms with Crippen molar-refractivity contribution in [3.8, 4) is 11.5 Å². The van der Waals surface area contributed by atoms with E-state index in [2.05, 4.69) is 15.5 Å². The Kier molecular flexibility index (Phi) is 5.38. The zero-order valence-electron chi connectivity index (χ0n) is 14.1. The van der Waals surface area contributed by atoms with Crippen molar-refractivity contribution in [2.24, 2.45) is 0 Å². The summed E-state index contributed by atoms with van der Waals surface area (Å²) in [4.78, 5) is 24.7. The summed E-state index contributed by atoms with van der Waals surface area (Å²) in [6.45, 7) is 1.84. The van der Waals surface area contributed by atoms with Gasteiger partial charge in [0.25, 0.3) is 11.8 Å². The lowest BCUT2D eigenvalue weighted by Crippen LogP contribution is -2.35. The van der Waals surface area contributed by atoms with Gasteiger partial charge in [-0.15, -0.1) is 10.2 Å². The first-order valence-electron chi connectivity index (χ1n) is 8.10. The molecule has 3 aromatic rings. The molecule has 0 bridgehead atoms. The number of carbonyl (C=O) groups is 2. The summed E-state index contributed by atoms with van der Waals surface area (Å²) >= 11 is 0. The molecule has 0 aliphatic heterocycles. The molecule has 0 aliphatic carbocycles. The third-order valence-electron chi connectivity index (χ3n) is 3.54. The minimum absolute atomic E-state index is 0.0356. The Morgan fingerprint density at radius 3 is 2.35 bits per heavy atom. The monoisotopic (exact) mass is 351 g/mol. The zero-order chi connectivity index (χ0) is 18.4. The normalized spacial score (nSPS) is 11.6. The van der Waals surface area contributed by atoms with E-state index in [1.54, 1.807) is 49.4 Å². The van der Waals surface area contributed by atoms with Gasteiger partial charge in [-0.2, -0.15) is 0 Å². The largest absolute Gasteiger partial charge is 0.464 e. The predicted molar refractivity (Wildman–Crippen MR) is 93.0 cm³/mol. The molecule has 1 N–H and O–H groups in total. The van der Waals surface area contributed by atoms with Crippen LogP contribution >= 0.6 is 0 Å². The summed E-state index contributed by atoms with van der Waals surface area (Å²) in [5.74, 6) is -0.890. The van der Waals surface area contributed by atoms with Crippen molar-refractivity contribution in [2.45, 2.75) is 13.0 Å². The molecule has 1 heterocycles. The number of hydrogen-bond donors (Lipinski definition) is 1. The number of rotatable bonds is 6. The lowest BCUT2D eigenvalue weighted by Gasteiger charge is -2.13. The molecule has 3 rings (SSSR count). The Morgan fingerprint density at radius 1 is 1.04 bits per heavy atom.